The van der Waals surface area contributed by atoms with Crippen molar-refractivity contribution in [3.05, 3.63) is 59.7 Å². The number of aliphatic imine (C=N–C) groups is 1. The molecule has 0 saturated heterocycles. The lowest BCUT2D eigenvalue weighted by atomic mass is 10.1. The van der Waals surface area contributed by atoms with Crippen LogP contribution in [-0.4, -0.2) is 25.5 Å². The van der Waals surface area contributed by atoms with E-state index in [0.717, 1.165) is 41.5 Å². The Hall–Kier alpha value is -3.02. The zero-order valence-corrected chi connectivity index (χ0v) is 17.8. The summed E-state index contributed by atoms with van der Waals surface area (Å²) in [4.78, 5) is 16.8. The van der Waals surface area contributed by atoms with Crippen LogP contribution in [0.25, 0.3) is 0 Å². The Morgan fingerprint density at radius 1 is 1.10 bits per heavy atom. The maximum atomic E-state index is 12.1. The molecular formula is C23H32N4O2. The summed E-state index contributed by atoms with van der Waals surface area (Å²) in [7, 11) is 1.67. The van der Waals surface area contributed by atoms with Gasteiger partial charge in [0.2, 0.25) is 5.91 Å². The Kier molecular flexibility index (Phi) is 9.02. The third kappa shape index (κ3) is 7.14. The summed E-state index contributed by atoms with van der Waals surface area (Å²) < 4.78 is 5.40. The fraction of sp³-hybridized carbons (Fsp3) is 0.391. The van der Waals surface area contributed by atoms with Crippen molar-refractivity contribution in [3.63, 3.8) is 0 Å². The molecule has 2 aromatic rings. The van der Waals surface area contributed by atoms with Gasteiger partial charge in [-0.1, -0.05) is 44.2 Å². The SMILES string of the molecule is CCNC(=NCc1cccc(NC(=O)C(C)CC)c1)NCc1ccccc1OC. The van der Waals surface area contributed by atoms with E-state index in [0.29, 0.717) is 13.1 Å². The molecule has 0 heterocycles. The van der Waals surface area contributed by atoms with Gasteiger partial charge in [-0.2, -0.15) is 0 Å². The van der Waals surface area contributed by atoms with E-state index in [2.05, 4.69) is 20.9 Å². The Morgan fingerprint density at radius 3 is 2.62 bits per heavy atom. The second-order valence-corrected chi connectivity index (χ2v) is 6.86. The van der Waals surface area contributed by atoms with Gasteiger partial charge in [-0.15, -0.1) is 0 Å². The molecule has 2 aromatic carbocycles. The van der Waals surface area contributed by atoms with Gasteiger partial charge in [0.25, 0.3) is 0 Å². The monoisotopic (exact) mass is 396 g/mol. The quantitative estimate of drug-likeness (QED) is 0.443. The van der Waals surface area contributed by atoms with Crippen LogP contribution in [-0.2, 0) is 17.9 Å². The van der Waals surface area contributed by atoms with Gasteiger partial charge in [-0.25, -0.2) is 4.99 Å². The third-order valence-corrected chi connectivity index (χ3v) is 4.66. The van der Waals surface area contributed by atoms with Crippen molar-refractivity contribution >= 4 is 17.6 Å². The van der Waals surface area contributed by atoms with Crippen LogP contribution >= 0.6 is 0 Å². The van der Waals surface area contributed by atoms with Crippen molar-refractivity contribution in [3.8, 4) is 5.75 Å². The average Bonchev–Trinajstić information content (AvgIpc) is 2.75. The molecule has 2 rings (SSSR count). The van der Waals surface area contributed by atoms with Crippen molar-refractivity contribution in [2.24, 2.45) is 10.9 Å². The summed E-state index contributed by atoms with van der Waals surface area (Å²) in [5.41, 5.74) is 2.90. The van der Waals surface area contributed by atoms with Crippen molar-refractivity contribution in [1.29, 1.82) is 0 Å². The van der Waals surface area contributed by atoms with Gasteiger partial charge in [-0.05, 0) is 37.1 Å². The molecule has 0 aliphatic carbocycles. The molecule has 156 valence electrons. The number of rotatable bonds is 9. The molecule has 0 bridgehead atoms. The second-order valence-electron chi connectivity index (χ2n) is 6.86. The number of methoxy groups -OCH3 is 1. The molecule has 0 radical (unpaired) electrons. The Morgan fingerprint density at radius 2 is 1.90 bits per heavy atom. The molecule has 6 nitrogen and oxygen atoms in total. The minimum Gasteiger partial charge on any atom is -0.496 e. The van der Waals surface area contributed by atoms with Crippen LogP contribution in [0.2, 0.25) is 0 Å². The normalized spacial score (nSPS) is 12.2. The number of amides is 1. The maximum absolute atomic E-state index is 12.1. The van der Waals surface area contributed by atoms with Gasteiger partial charge in [0, 0.05) is 30.3 Å². The first kappa shape index (κ1) is 22.3. The molecule has 0 fully saturated rings. The number of hydrogen-bond acceptors (Lipinski definition) is 3. The summed E-state index contributed by atoms with van der Waals surface area (Å²) in [5.74, 6) is 1.62. The Balaban J connectivity index is 2.02. The van der Waals surface area contributed by atoms with Crippen LogP contribution < -0.4 is 20.7 Å². The smallest absolute Gasteiger partial charge is 0.227 e. The first-order chi connectivity index (χ1) is 14.1. The molecule has 0 aliphatic heterocycles. The number of nitrogens with one attached hydrogen (secondary N) is 3. The summed E-state index contributed by atoms with van der Waals surface area (Å²) in [5, 5.41) is 9.57. The number of nitrogens with zero attached hydrogens (tertiary/aromatic N) is 1. The van der Waals surface area contributed by atoms with Gasteiger partial charge in [0.05, 0.1) is 13.7 Å². The van der Waals surface area contributed by atoms with Crippen LogP contribution in [0, 0.1) is 5.92 Å². The number of carbonyl (C=O) groups excluding carboxylic acids is 1. The van der Waals surface area contributed by atoms with E-state index in [1.807, 2.05) is 69.3 Å². The van der Waals surface area contributed by atoms with Gasteiger partial charge < -0.3 is 20.7 Å². The zero-order chi connectivity index (χ0) is 21.1. The van der Waals surface area contributed by atoms with Crippen LogP contribution in [0.3, 0.4) is 0 Å². The van der Waals surface area contributed by atoms with Gasteiger partial charge in [0.1, 0.15) is 5.75 Å². The number of ether oxygens (including phenoxy) is 1. The van der Waals surface area contributed by atoms with Crippen molar-refractivity contribution < 1.29 is 9.53 Å². The molecule has 6 heteroatoms. The summed E-state index contributed by atoms with van der Waals surface area (Å²) >= 11 is 0. The minimum absolute atomic E-state index is 0.00351. The van der Waals surface area contributed by atoms with Crippen LogP contribution in [0.5, 0.6) is 5.75 Å². The highest BCUT2D eigenvalue weighted by atomic mass is 16.5. The van der Waals surface area contributed by atoms with Crippen LogP contribution in [0.1, 0.15) is 38.3 Å². The van der Waals surface area contributed by atoms with Crippen LogP contribution in [0.15, 0.2) is 53.5 Å². The lowest BCUT2D eigenvalue weighted by molar-refractivity contribution is -0.119. The van der Waals surface area contributed by atoms with Crippen molar-refractivity contribution in [2.45, 2.75) is 40.3 Å². The van der Waals surface area contributed by atoms with E-state index in [-0.39, 0.29) is 11.8 Å². The van der Waals surface area contributed by atoms with E-state index >= 15 is 0 Å². The molecular weight excluding hydrogens is 364 g/mol. The summed E-state index contributed by atoms with van der Waals surface area (Å²) in [6.45, 7) is 7.86. The number of guanidine groups is 1. The minimum atomic E-state index is -0.00351. The van der Waals surface area contributed by atoms with E-state index < -0.39 is 0 Å². The third-order valence-electron chi connectivity index (χ3n) is 4.66. The van der Waals surface area contributed by atoms with Crippen molar-refractivity contribution in [2.75, 3.05) is 19.0 Å². The largest absolute Gasteiger partial charge is 0.496 e. The predicted octanol–water partition coefficient (Wildman–Crippen LogP) is 3.94. The lowest BCUT2D eigenvalue weighted by Crippen LogP contribution is -2.36. The molecule has 29 heavy (non-hydrogen) atoms. The van der Waals surface area contributed by atoms with Crippen molar-refractivity contribution in [1.82, 2.24) is 10.6 Å². The lowest BCUT2D eigenvalue weighted by Gasteiger charge is -2.14. The maximum Gasteiger partial charge on any atom is 0.227 e. The first-order valence-electron chi connectivity index (χ1n) is 10.1. The molecule has 1 unspecified atom stereocenters. The van der Waals surface area contributed by atoms with E-state index in [4.69, 9.17) is 4.74 Å². The Labute approximate surface area is 173 Å². The van der Waals surface area contributed by atoms with Gasteiger partial charge in [-0.3, -0.25) is 4.79 Å². The average molecular weight is 397 g/mol. The summed E-state index contributed by atoms with van der Waals surface area (Å²) in [6, 6.07) is 15.7. The highest BCUT2D eigenvalue weighted by molar-refractivity contribution is 5.92. The van der Waals surface area contributed by atoms with E-state index in [1.54, 1.807) is 7.11 Å². The first-order valence-corrected chi connectivity index (χ1v) is 10.1. The number of anilines is 1. The molecule has 1 atom stereocenters. The van der Waals surface area contributed by atoms with E-state index in [9.17, 15) is 4.79 Å². The predicted molar refractivity (Wildman–Crippen MR) is 119 cm³/mol. The standard InChI is InChI=1S/C23H32N4O2/c1-5-17(3)22(28)27-20-12-9-10-18(14-20)15-25-23(24-6-2)26-16-19-11-7-8-13-21(19)29-4/h7-14,17H,5-6,15-16H2,1-4H3,(H,27,28)(H2,24,25,26). The van der Waals surface area contributed by atoms with Crippen LogP contribution in [0.4, 0.5) is 5.69 Å². The highest BCUT2D eigenvalue weighted by Gasteiger charge is 2.10. The molecule has 0 saturated carbocycles. The number of benzene rings is 2. The molecule has 3 N–H and O–H groups in total. The molecule has 0 aromatic heterocycles. The van der Waals surface area contributed by atoms with E-state index in [1.165, 1.54) is 0 Å². The number of hydrogen-bond donors (Lipinski definition) is 3. The molecule has 0 spiro atoms. The molecule has 1 amide bonds. The number of carbonyl (C=O) groups is 1. The summed E-state index contributed by atoms with van der Waals surface area (Å²) in [6.07, 6.45) is 0.819. The fourth-order valence-corrected chi connectivity index (χ4v) is 2.74. The van der Waals surface area contributed by atoms with Gasteiger partial charge >= 0.3 is 0 Å². The van der Waals surface area contributed by atoms with Gasteiger partial charge in [0.15, 0.2) is 5.96 Å². The zero-order valence-electron chi connectivity index (χ0n) is 17.8. The topological polar surface area (TPSA) is 74.8 Å². The molecule has 0 aliphatic rings. The highest BCUT2D eigenvalue weighted by Crippen LogP contribution is 2.17. The second kappa shape index (κ2) is 11.7. The Bertz CT molecular complexity index is 820. The fourth-order valence-electron chi connectivity index (χ4n) is 2.74. The number of para-hydroxylation sites is 1.